The SMILES string of the molecule is CC.CCCN(CCC)c1cccc(CC(NC=O)C(N)=O)c1.COC(C)(C)C. The second kappa shape index (κ2) is 16.8. The molecular weight excluding hydrogens is 366 g/mol. The van der Waals surface area contributed by atoms with Crippen LogP contribution >= 0.6 is 0 Å². The highest BCUT2D eigenvalue weighted by Crippen LogP contribution is 2.18. The van der Waals surface area contributed by atoms with Crippen LogP contribution < -0.4 is 16.0 Å². The van der Waals surface area contributed by atoms with Crippen molar-refractivity contribution in [3.8, 4) is 0 Å². The van der Waals surface area contributed by atoms with Gasteiger partial charge in [-0.1, -0.05) is 39.8 Å². The first-order chi connectivity index (χ1) is 13.7. The van der Waals surface area contributed by atoms with Gasteiger partial charge in [0.25, 0.3) is 0 Å². The molecule has 1 aromatic carbocycles. The van der Waals surface area contributed by atoms with Gasteiger partial charge in [-0.15, -0.1) is 0 Å². The van der Waals surface area contributed by atoms with E-state index in [4.69, 9.17) is 10.5 Å². The van der Waals surface area contributed by atoms with Gasteiger partial charge in [-0.05, 0) is 51.3 Å². The van der Waals surface area contributed by atoms with Gasteiger partial charge in [0, 0.05) is 32.3 Å². The second-order valence-corrected chi connectivity index (χ2v) is 7.42. The van der Waals surface area contributed by atoms with Gasteiger partial charge in [0.2, 0.25) is 12.3 Å². The van der Waals surface area contributed by atoms with Crippen molar-refractivity contribution >= 4 is 18.0 Å². The van der Waals surface area contributed by atoms with Crippen LogP contribution in [0.4, 0.5) is 5.69 Å². The average Bonchev–Trinajstić information content (AvgIpc) is 2.69. The molecule has 0 heterocycles. The van der Waals surface area contributed by atoms with Crippen LogP contribution in [0.25, 0.3) is 0 Å². The Kier molecular flexibility index (Phi) is 16.9. The van der Waals surface area contributed by atoms with Crippen LogP contribution in [0.15, 0.2) is 24.3 Å². The molecule has 2 amide bonds. The van der Waals surface area contributed by atoms with E-state index in [-0.39, 0.29) is 5.60 Å². The standard InChI is InChI=1S/C16H25N3O2.C5H12O.C2H6/c1-3-8-19(9-4-2)14-7-5-6-13(10-14)11-15(16(17)21)18-12-20;1-5(2,3)6-4;1-2/h5-7,10,12,15H,3-4,8-9,11H2,1-2H3,(H2,17,21)(H,18,20);1-4H3;1-2H3. The van der Waals surface area contributed by atoms with E-state index in [1.807, 2.05) is 46.8 Å². The van der Waals surface area contributed by atoms with Crippen molar-refractivity contribution in [3.05, 3.63) is 29.8 Å². The lowest BCUT2D eigenvalue weighted by Crippen LogP contribution is -2.42. The number of benzene rings is 1. The smallest absolute Gasteiger partial charge is 0.240 e. The zero-order chi connectivity index (χ0) is 22.9. The Morgan fingerprint density at radius 1 is 1.21 bits per heavy atom. The van der Waals surface area contributed by atoms with Crippen LogP contribution in [0.2, 0.25) is 0 Å². The molecule has 0 saturated carbocycles. The van der Waals surface area contributed by atoms with Gasteiger partial charge in [0.05, 0.1) is 5.60 Å². The minimum absolute atomic E-state index is 0.0417. The third-order valence-electron chi connectivity index (χ3n) is 3.93. The number of methoxy groups -OCH3 is 1. The Morgan fingerprint density at radius 2 is 1.72 bits per heavy atom. The van der Waals surface area contributed by atoms with Crippen LogP contribution in [0, 0.1) is 0 Å². The van der Waals surface area contributed by atoms with Crippen molar-refractivity contribution in [1.82, 2.24) is 5.32 Å². The van der Waals surface area contributed by atoms with Crippen LogP contribution in [-0.4, -0.2) is 44.2 Å². The Balaban J connectivity index is 0. The Hall–Kier alpha value is -2.08. The monoisotopic (exact) mass is 409 g/mol. The highest BCUT2D eigenvalue weighted by molar-refractivity contribution is 5.82. The van der Waals surface area contributed by atoms with E-state index < -0.39 is 11.9 Å². The summed E-state index contributed by atoms with van der Waals surface area (Å²) in [5.41, 5.74) is 7.47. The number of carbonyl (C=O) groups excluding carboxylic acids is 2. The van der Waals surface area contributed by atoms with Gasteiger partial charge >= 0.3 is 0 Å². The second-order valence-electron chi connectivity index (χ2n) is 7.42. The zero-order valence-corrected chi connectivity index (χ0v) is 19.7. The Labute approximate surface area is 178 Å². The third-order valence-corrected chi connectivity index (χ3v) is 3.93. The van der Waals surface area contributed by atoms with Crippen molar-refractivity contribution in [2.75, 3.05) is 25.1 Å². The lowest BCUT2D eigenvalue weighted by atomic mass is 10.0. The van der Waals surface area contributed by atoms with Crippen LogP contribution in [0.1, 0.15) is 66.9 Å². The van der Waals surface area contributed by atoms with Crippen LogP contribution in [0.3, 0.4) is 0 Å². The number of ether oxygens (including phenoxy) is 1. The number of nitrogens with zero attached hydrogens (tertiary/aromatic N) is 1. The fraction of sp³-hybridized carbons (Fsp3) is 0.652. The zero-order valence-electron chi connectivity index (χ0n) is 19.7. The molecule has 0 bridgehead atoms. The highest BCUT2D eigenvalue weighted by atomic mass is 16.5. The van der Waals surface area contributed by atoms with Crippen LogP contribution in [-0.2, 0) is 20.7 Å². The topological polar surface area (TPSA) is 84.7 Å². The molecule has 168 valence electrons. The highest BCUT2D eigenvalue weighted by Gasteiger charge is 2.15. The number of hydrogen-bond donors (Lipinski definition) is 2. The Bertz CT molecular complexity index is 551. The summed E-state index contributed by atoms with van der Waals surface area (Å²) in [4.78, 5) is 24.2. The summed E-state index contributed by atoms with van der Waals surface area (Å²) in [7, 11) is 1.71. The summed E-state index contributed by atoms with van der Waals surface area (Å²) in [5, 5.41) is 2.46. The summed E-state index contributed by atoms with van der Waals surface area (Å²) >= 11 is 0. The fourth-order valence-corrected chi connectivity index (χ4v) is 2.35. The summed E-state index contributed by atoms with van der Waals surface area (Å²) < 4.78 is 4.94. The van der Waals surface area contributed by atoms with Gasteiger partial charge in [-0.25, -0.2) is 0 Å². The van der Waals surface area contributed by atoms with Gasteiger partial charge in [0.15, 0.2) is 0 Å². The molecule has 6 heteroatoms. The molecule has 1 aromatic rings. The molecule has 0 saturated heterocycles. The third kappa shape index (κ3) is 14.6. The molecule has 0 aliphatic carbocycles. The predicted octanol–water partition coefficient (Wildman–Crippen LogP) is 3.91. The number of hydrogen-bond acceptors (Lipinski definition) is 4. The van der Waals surface area contributed by atoms with Crippen molar-refractivity contribution < 1.29 is 14.3 Å². The van der Waals surface area contributed by atoms with E-state index >= 15 is 0 Å². The summed E-state index contributed by atoms with van der Waals surface area (Å²) in [5.74, 6) is -0.522. The van der Waals surface area contributed by atoms with Crippen molar-refractivity contribution in [1.29, 1.82) is 0 Å². The fourth-order valence-electron chi connectivity index (χ4n) is 2.35. The molecule has 0 aliphatic heterocycles. The van der Waals surface area contributed by atoms with Crippen LogP contribution in [0.5, 0.6) is 0 Å². The lowest BCUT2D eigenvalue weighted by Gasteiger charge is -2.24. The van der Waals surface area contributed by atoms with Crippen molar-refractivity contribution in [3.63, 3.8) is 0 Å². The lowest BCUT2D eigenvalue weighted by molar-refractivity contribution is -0.122. The first-order valence-corrected chi connectivity index (χ1v) is 10.6. The molecule has 1 unspecified atom stereocenters. The minimum atomic E-state index is -0.663. The maximum Gasteiger partial charge on any atom is 0.240 e. The molecule has 0 spiro atoms. The van der Waals surface area contributed by atoms with E-state index in [1.54, 1.807) is 7.11 Å². The maximum absolute atomic E-state index is 11.3. The number of primary amides is 1. The van der Waals surface area contributed by atoms with Gasteiger partial charge in [-0.2, -0.15) is 0 Å². The molecular formula is C23H43N3O3. The molecule has 3 N–H and O–H groups in total. The van der Waals surface area contributed by atoms with E-state index in [2.05, 4.69) is 36.2 Å². The maximum atomic E-state index is 11.3. The molecule has 29 heavy (non-hydrogen) atoms. The summed E-state index contributed by atoms with van der Waals surface area (Å²) in [6.07, 6.45) is 3.09. The van der Waals surface area contributed by atoms with E-state index in [9.17, 15) is 9.59 Å². The number of nitrogens with two attached hydrogens (primary N) is 1. The summed E-state index contributed by atoms with van der Waals surface area (Å²) in [6, 6.07) is 7.39. The van der Waals surface area contributed by atoms with Crippen molar-refractivity contribution in [2.45, 2.75) is 79.4 Å². The van der Waals surface area contributed by atoms with Gasteiger partial charge in [-0.3, -0.25) is 9.59 Å². The minimum Gasteiger partial charge on any atom is -0.379 e. The number of nitrogens with one attached hydrogen (secondary N) is 1. The van der Waals surface area contributed by atoms with Gasteiger partial charge in [0.1, 0.15) is 6.04 Å². The first kappa shape index (κ1) is 29.1. The van der Waals surface area contributed by atoms with E-state index in [0.29, 0.717) is 12.8 Å². The number of anilines is 1. The predicted molar refractivity (Wildman–Crippen MR) is 123 cm³/mol. The molecule has 0 aliphatic rings. The number of carbonyl (C=O) groups is 2. The largest absolute Gasteiger partial charge is 0.379 e. The van der Waals surface area contributed by atoms with E-state index in [1.165, 1.54) is 0 Å². The average molecular weight is 410 g/mol. The molecule has 0 radical (unpaired) electrons. The molecule has 0 aromatic heterocycles. The number of rotatable bonds is 10. The summed E-state index contributed by atoms with van der Waals surface area (Å²) in [6.45, 7) is 16.4. The quantitative estimate of drug-likeness (QED) is 0.574. The normalized spacial score (nSPS) is 11.2. The molecule has 0 fully saturated rings. The van der Waals surface area contributed by atoms with Gasteiger partial charge < -0.3 is 20.7 Å². The Morgan fingerprint density at radius 3 is 2.10 bits per heavy atom. The molecule has 1 atom stereocenters. The van der Waals surface area contributed by atoms with E-state index in [0.717, 1.165) is 37.2 Å². The number of amides is 2. The first-order valence-electron chi connectivity index (χ1n) is 10.6. The molecule has 6 nitrogen and oxygen atoms in total. The molecule has 1 rings (SSSR count). The van der Waals surface area contributed by atoms with Crippen molar-refractivity contribution in [2.24, 2.45) is 5.73 Å².